The van der Waals surface area contributed by atoms with Crippen LogP contribution in [-0.2, 0) is 20.0 Å². The van der Waals surface area contributed by atoms with Gasteiger partial charge in [-0.2, -0.15) is 0 Å². The van der Waals surface area contributed by atoms with Crippen molar-refractivity contribution < 1.29 is 16.8 Å². The first-order chi connectivity index (χ1) is 9.85. The van der Waals surface area contributed by atoms with Crippen LogP contribution in [0.5, 0.6) is 0 Å². The summed E-state index contributed by atoms with van der Waals surface area (Å²) < 4.78 is 52.0. The highest BCUT2D eigenvalue weighted by Crippen LogP contribution is 2.17. The Morgan fingerprint density at radius 1 is 1.10 bits per heavy atom. The van der Waals surface area contributed by atoms with Crippen molar-refractivity contribution in [1.29, 1.82) is 0 Å². The number of sulfonamides is 2. The van der Waals surface area contributed by atoms with Gasteiger partial charge in [-0.1, -0.05) is 18.2 Å². The summed E-state index contributed by atoms with van der Waals surface area (Å²) in [5, 5.41) is 0. The van der Waals surface area contributed by atoms with Crippen LogP contribution in [0, 0.1) is 0 Å². The average Bonchev–Trinajstić information content (AvgIpc) is 2.48. The average molecular weight is 332 g/mol. The van der Waals surface area contributed by atoms with Gasteiger partial charge < -0.3 is 0 Å². The molecule has 1 aromatic rings. The van der Waals surface area contributed by atoms with E-state index in [1.54, 1.807) is 37.3 Å². The number of rotatable bonds is 5. The van der Waals surface area contributed by atoms with Crippen LogP contribution in [-0.4, -0.2) is 46.0 Å². The molecule has 0 spiro atoms. The molecule has 0 saturated carbocycles. The lowest BCUT2D eigenvalue weighted by Crippen LogP contribution is -2.46. The molecule has 1 N–H and O–H groups in total. The first-order valence-corrected chi connectivity index (χ1v) is 9.99. The monoisotopic (exact) mass is 332 g/mol. The van der Waals surface area contributed by atoms with Crippen LogP contribution in [0.2, 0.25) is 0 Å². The fourth-order valence-electron chi connectivity index (χ4n) is 2.32. The quantitative estimate of drug-likeness (QED) is 0.863. The van der Waals surface area contributed by atoms with Crippen LogP contribution in [0.4, 0.5) is 0 Å². The maximum atomic E-state index is 12.2. The van der Waals surface area contributed by atoms with E-state index >= 15 is 0 Å². The Morgan fingerprint density at radius 3 is 2.19 bits per heavy atom. The zero-order chi connectivity index (χ0) is 15.5. The second-order valence-electron chi connectivity index (χ2n) is 5.01. The highest BCUT2D eigenvalue weighted by atomic mass is 32.2. The molecule has 21 heavy (non-hydrogen) atoms. The van der Waals surface area contributed by atoms with E-state index in [0.29, 0.717) is 25.9 Å². The van der Waals surface area contributed by atoms with Crippen LogP contribution in [0.3, 0.4) is 0 Å². The number of nitrogens with zero attached hydrogens (tertiary/aromatic N) is 1. The van der Waals surface area contributed by atoms with Crippen molar-refractivity contribution in [3.8, 4) is 0 Å². The van der Waals surface area contributed by atoms with E-state index in [1.165, 1.54) is 4.31 Å². The molecule has 118 valence electrons. The van der Waals surface area contributed by atoms with Gasteiger partial charge in [-0.15, -0.1) is 0 Å². The third kappa shape index (κ3) is 4.03. The minimum Gasteiger partial charge on any atom is -0.212 e. The van der Waals surface area contributed by atoms with Gasteiger partial charge in [0.1, 0.15) is 0 Å². The van der Waals surface area contributed by atoms with Gasteiger partial charge in [-0.05, 0) is 31.9 Å². The van der Waals surface area contributed by atoms with Crippen molar-refractivity contribution in [3.63, 3.8) is 0 Å². The summed E-state index contributed by atoms with van der Waals surface area (Å²) in [4.78, 5) is 0.230. The molecule has 0 unspecified atom stereocenters. The number of hydrogen-bond donors (Lipinski definition) is 1. The van der Waals surface area contributed by atoms with Crippen molar-refractivity contribution in [3.05, 3.63) is 30.3 Å². The predicted octanol–water partition coefficient (Wildman–Crippen LogP) is 0.779. The summed E-state index contributed by atoms with van der Waals surface area (Å²) in [6.45, 7) is 2.33. The lowest BCUT2D eigenvalue weighted by molar-refractivity contribution is 0.309. The summed E-state index contributed by atoms with van der Waals surface area (Å²) in [5.74, 6) is 0.0768. The molecule has 1 heterocycles. The van der Waals surface area contributed by atoms with Crippen molar-refractivity contribution >= 4 is 20.0 Å². The minimum atomic E-state index is -3.54. The van der Waals surface area contributed by atoms with Gasteiger partial charge in [0.25, 0.3) is 0 Å². The zero-order valence-corrected chi connectivity index (χ0v) is 13.5. The Morgan fingerprint density at radius 2 is 1.67 bits per heavy atom. The topological polar surface area (TPSA) is 83.6 Å². The van der Waals surface area contributed by atoms with Crippen LogP contribution in [0.25, 0.3) is 0 Å². The molecule has 0 radical (unpaired) electrons. The summed E-state index contributed by atoms with van der Waals surface area (Å²) in [6, 6.07) is 7.96. The second-order valence-corrected chi connectivity index (χ2v) is 8.98. The van der Waals surface area contributed by atoms with Gasteiger partial charge in [0, 0.05) is 19.1 Å². The molecule has 1 aliphatic heterocycles. The van der Waals surface area contributed by atoms with Gasteiger partial charge >= 0.3 is 0 Å². The fraction of sp³-hybridized carbons (Fsp3) is 0.538. The van der Waals surface area contributed by atoms with Crippen LogP contribution >= 0.6 is 0 Å². The van der Waals surface area contributed by atoms with E-state index in [4.69, 9.17) is 0 Å². The predicted molar refractivity (Wildman–Crippen MR) is 80.8 cm³/mol. The van der Waals surface area contributed by atoms with Gasteiger partial charge in [0.05, 0.1) is 10.6 Å². The SMILES string of the molecule is CCS(=O)(=O)N1CCC(NS(=O)(=O)c2ccccc2)CC1. The number of nitrogens with one attached hydrogen (secondary N) is 1. The molecule has 0 aliphatic carbocycles. The van der Waals surface area contributed by atoms with E-state index in [1.807, 2.05) is 0 Å². The van der Waals surface area contributed by atoms with E-state index < -0.39 is 20.0 Å². The maximum Gasteiger partial charge on any atom is 0.240 e. The Hall–Kier alpha value is -0.960. The van der Waals surface area contributed by atoms with E-state index in [-0.39, 0.29) is 16.7 Å². The molecule has 0 aromatic heterocycles. The molecule has 6 nitrogen and oxygen atoms in total. The first kappa shape index (κ1) is 16.4. The van der Waals surface area contributed by atoms with Crippen molar-refractivity contribution in [2.24, 2.45) is 0 Å². The molecule has 0 atom stereocenters. The second kappa shape index (κ2) is 6.43. The summed E-state index contributed by atoms with van der Waals surface area (Å²) >= 11 is 0. The smallest absolute Gasteiger partial charge is 0.212 e. The summed E-state index contributed by atoms with van der Waals surface area (Å²) in [7, 11) is -6.72. The van der Waals surface area contributed by atoms with Crippen LogP contribution in [0.15, 0.2) is 35.2 Å². The molecular weight excluding hydrogens is 312 g/mol. The lowest BCUT2D eigenvalue weighted by Gasteiger charge is -2.31. The third-order valence-corrected chi connectivity index (χ3v) is 7.01. The Labute approximate surface area is 126 Å². The number of piperidine rings is 1. The first-order valence-electron chi connectivity index (χ1n) is 6.90. The lowest BCUT2D eigenvalue weighted by atomic mass is 10.1. The largest absolute Gasteiger partial charge is 0.240 e. The van der Waals surface area contributed by atoms with Gasteiger partial charge in [0.2, 0.25) is 20.0 Å². The molecule has 8 heteroatoms. The van der Waals surface area contributed by atoms with Crippen molar-refractivity contribution in [2.45, 2.75) is 30.7 Å². The normalized spacial score (nSPS) is 18.7. The molecule has 0 amide bonds. The van der Waals surface area contributed by atoms with Crippen LogP contribution in [0.1, 0.15) is 19.8 Å². The van der Waals surface area contributed by atoms with E-state index in [0.717, 1.165) is 0 Å². The Balaban J connectivity index is 1.98. The molecule has 1 aliphatic rings. The maximum absolute atomic E-state index is 12.2. The van der Waals surface area contributed by atoms with Crippen LogP contribution < -0.4 is 4.72 Å². The van der Waals surface area contributed by atoms with E-state index in [2.05, 4.69) is 4.72 Å². The molecular formula is C13H20N2O4S2. The third-order valence-electron chi connectivity index (χ3n) is 3.59. The standard InChI is InChI=1S/C13H20N2O4S2/c1-2-20(16,17)15-10-8-12(9-11-15)14-21(18,19)13-6-4-3-5-7-13/h3-7,12,14H,2,8-11H2,1H3. The minimum absolute atomic E-state index is 0.0768. The molecule has 0 bridgehead atoms. The Bertz CT molecular complexity index is 663. The summed E-state index contributed by atoms with van der Waals surface area (Å²) in [5.41, 5.74) is 0. The molecule has 1 aromatic carbocycles. The zero-order valence-electron chi connectivity index (χ0n) is 11.9. The van der Waals surface area contributed by atoms with E-state index in [9.17, 15) is 16.8 Å². The van der Waals surface area contributed by atoms with Gasteiger partial charge in [0.15, 0.2) is 0 Å². The van der Waals surface area contributed by atoms with Gasteiger partial charge in [-0.3, -0.25) is 0 Å². The highest BCUT2D eigenvalue weighted by molar-refractivity contribution is 7.89. The summed E-state index contributed by atoms with van der Waals surface area (Å²) in [6.07, 6.45) is 0.983. The fourth-order valence-corrected chi connectivity index (χ4v) is 4.78. The molecule has 1 saturated heterocycles. The van der Waals surface area contributed by atoms with Crippen molar-refractivity contribution in [2.75, 3.05) is 18.8 Å². The highest BCUT2D eigenvalue weighted by Gasteiger charge is 2.29. The Kier molecular flexibility index (Phi) is 5.03. The molecule has 1 fully saturated rings. The molecule has 2 rings (SSSR count). The number of hydrogen-bond acceptors (Lipinski definition) is 4. The number of benzene rings is 1. The van der Waals surface area contributed by atoms with Crippen molar-refractivity contribution in [1.82, 2.24) is 9.03 Å². The van der Waals surface area contributed by atoms with Gasteiger partial charge in [-0.25, -0.2) is 25.9 Å².